The molecule has 1 spiro atoms. The third kappa shape index (κ3) is 4.33. The molecule has 2 amide bonds. The molecule has 0 atom stereocenters. The van der Waals surface area contributed by atoms with Crippen LogP contribution in [0.1, 0.15) is 44.7 Å². The summed E-state index contributed by atoms with van der Waals surface area (Å²) in [6.07, 6.45) is 5.44. The highest BCUT2D eigenvalue weighted by Crippen LogP contribution is 2.41. The highest BCUT2D eigenvalue weighted by molar-refractivity contribution is 5.95. The van der Waals surface area contributed by atoms with Crippen LogP contribution in [0.4, 0.5) is 14.9 Å². The number of likely N-dealkylation sites (tertiary alicyclic amines) is 1. The Balaban J connectivity index is 1.46. The molecule has 1 aromatic heterocycles. The molecule has 3 heterocycles. The van der Waals surface area contributed by atoms with Crippen molar-refractivity contribution in [3.05, 3.63) is 71.8 Å². The number of rotatable bonds is 4. The largest absolute Gasteiger partial charge is 0.325 e. The summed E-state index contributed by atoms with van der Waals surface area (Å²) in [5, 5.41) is 6.87. The first-order chi connectivity index (χ1) is 16.7. The second-order valence-corrected chi connectivity index (χ2v) is 10.9. The van der Waals surface area contributed by atoms with E-state index in [0.717, 1.165) is 48.3 Å². The molecule has 0 radical (unpaired) electrons. The number of piperidine rings is 1. The van der Waals surface area contributed by atoms with Crippen molar-refractivity contribution in [3.63, 3.8) is 0 Å². The number of nitrogens with zero attached hydrogens (tertiary/aromatic N) is 4. The lowest BCUT2D eigenvalue weighted by molar-refractivity contribution is 0.0304. The maximum Gasteiger partial charge on any atom is 0.325 e. The van der Waals surface area contributed by atoms with E-state index in [1.807, 2.05) is 46.3 Å². The van der Waals surface area contributed by atoms with Crippen molar-refractivity contribution in [1.82, 2.24) is 20.0 Å². The van der Waals surface area contributed by atoms with Crippen LogP contribution in [0.3, 0.4) is 0 Å². The predicted molar refractivity (Wildman–Crippen MR) is 137 cm³/mol. The van der Waals surface area contributed by atoms with Crippen LogP contribution in [-0.4, -0.2) is 56.7 Å². The maximum atomic E-state index is 14.3. The van der Waals surface area contributed by atoms with E-state index >= 15 is 0 Å². The third-order valence-corrected chi connectivity index (χ3v) is 7.85. The number of carbonyl (C=O) groups is 1. The summed E-state index contributed by atoms with van der Waals surface area (Å²) in [5.41, 5.74) is 4.25. The van der Waals surface area contributed by atoms with Crippen LogP contribution in [0.2, 0.25) is 0 Å². The molecule has 7 heteroatoms. The summed E-state index contributed by atoms with van der Waals surface area (Å²) in [6.45, 7) is 11.5. The zero-order valence-corrected chi connectivity index (χ0v) is 21.0. The predicted octanol–water partition coefficient (Wildman–Crippen LogP) is 5.60. The molecule has 0 aliphatic carbocycles. The summed E-state index contributed by atoms with van der Waals surface area (Å²) in [5.74, 6) is -0.225. The van der Waals surface area contributed by atoms with Gasteiger partial charge in [-0.25, -0.2) is 9.18 Å². The average Bonchev–Trinajstić information content (AvgIpc) is 3.46. The van der Waals surface area contributed by atoms with Gasteiger partial charge in [-0.05, 0) is 75.4 Å². The van der Waals surface area contributed by atoms with Crippen LogP contribution in [0.15, 0.2) is 54.9 Å². The van der Waals surface area contributed by atoms with Gasteiger partial charge in [-0.3, -0.25) is 14.9 Å². The van der Waals surface area contributed by atoms with Gasteiger partial charge in [-0.1, -0.05) is 24.3 Å². The van der Waals surface area contributed by atoms with Gasteiger partial charge in [-0.15, -0.1) is 0 Å². The third-order valence-electron chi connectivity index (χ3n) is 7.85. The fraction of sp³-hybridized carbons (Fsp3) is 0.429. The lowest BCUT2D eigenvalue weighted by Gasteiger charge is -2.47. The van der Waals surface area contributed by atoms with Gasteiger partial charge in [0.25, 0.3) is 0 Å². The Morgan fingerprint density at radius 3 is 2.40 bits per heavy atom. The van der Waals surface area contributed by atoms with Crippen molar-refractivity contribution in [2.45, 2.75) is 58.2 Å². The van der Waals surface area contributed by atoms with Crippen LogP contribution in [0.5, 0.6) is 0 Å². The van der Waals surface area contributed by atoms with Crippen molar-refractivity contribution in [2.24, 2.45) is 0 Å². The minimum absolute atomic E-state index is 0.00562. The SMILES string of the molecule is Cc1c(F)cccc1CN1C(=O)N(c2ccc(-c3cn[nH]c3)cc2)CC12CCN(C(C)(C)C)CC2. The van der Waals surface area contributed by atoms with E-state index in [1.165, 1.54) is 6.07 Å². The molecule has 0 saturated carbocycles. The van der Waals surface area contributed by atoms with E-state index in [1.54, 1.807) is 19.2 Å². The molecule has 2 aromatic carbocycles. The first-order valence-corrected chi connectivity index (χ1v) is 12.4. The summed E-state index contributed by atoms with van der Waals surface area (Å²) < 4.78 is 14.3. The number of H-pyrrole nitrogens is 1. The molecule has 184 valence electrons. The van der Waals surface area contributed by atoms with Crippen molar-refractivity contribution in [1.29, 1.82) is 0 Å². The maximum absolute atomic E-state index is 14.3. The van der Waals surface area contributed by atoms with Gasteiger partial charge >= 0.3 is 6.03 Å². The number of aromatic nitrogens is 2. The monoisotopic (exact) mass is 475 g/mol. The van der Waals surface area contributed by atoms with E-state index in [4.69, 9.17) is 0 Å². The molecule has 2 aliphatic rings. The van der Waals surface area contributed by atoms with Gasteiger partial charge in [0.1, 0.15) is 5.82 Å². The van der Waals surface area contributed by atoms with Crippen LogP contribution in [0, 0.1) is 12.7 Å². The Kier molecular flexibility index (Phi) is 5.91. The Labute approximate surface area is 206 Å². The first-order valence-electron chi connectivity index (χ1n) is 12.4. The molecular weight excluding hydrogens is 441 g/mol. The normalized spacial score (nSPS) is 18.6. The lowest BCUT2D eigenvalue weighted by Crippen LogP contribution is -2.57. The van der Waals surface area contributed by atoms with Gasteiger partial charge in [0.2, 0.25) is 0 Å². The fourth-order valence-electron chi connectivity index (χ4n) is 5.49. The molecule has 35 heavy (non-hydrogen) atoms. The number of amides is 2. The number of anilines is 1. The summed E-state index contributed by atoms with van der Waals surface area (Å²) in [4.78, 5) is 20.3. The Hall–Kier alpha value is -3.19. The van der Waals surface area contributed by atoms with Gasteiger partial charge in [0.05, 0.1) is 18.3 Å². The summed E-state index contributed by atoms with van der Waals surface area (Å²) >= 11 is 0. The van der Waals surface area contributed by atoms with Crippen molar-refractivity contribution >= 4 is 11.7 Å². The lowest BCUT2D eigenvalue weighted by atomic mass is 9.84. The van der Waals surface area contributed by atoms with Crippen LogP contribution < -0.4 is 4.90 Å². The van der Waals surface area contributed by atoms with E-state index in [2.05, 4.69) is 35.9 Å². The van der Waals surface area contributed by atoms with Crippen LogP contribution in [-0.2, 0) is 6.54 Å². The van der Waals surface area contributed by atoms with Crippen molar-refractivity contribution < 1.29 is 9.18 Å². The molecule has 2 saturated heterocycles. The van der Waals surface area contributed by atoms with E-state index in [9.17, 15) is 9.18 Å². The van der Waals surface area contributed by atoms with Gasteiger partial charge in [0, 0.05) is 42.6 Å². The topological polar surface area (TPSA) is 55.5 Å². The number of urea groups is 1. The summed E-state index contributed by atoms with van der Waals surface area (Å²) in [7, 11) is 0. The smallest absolute Gasteiger partial charge is 0.312 e. The Morgan fingerprint density at radius 2 is 1.77 bits per heavy atom. The Bertz CT molecular complexity index is 1190. The zero-order chi connectivity index (χ0) is 24.8. The number of benzene rings is 2. The molecule has 0 bridgehead atoms. The molecule has 1 N–H and O–H groups in total. The second-order valence-electron chi connectivity index (χ2n) is 10.9. The molecule has 2 fully saturated rings. The average molecular weight is 476 g/mol. The van der Waals surface area contributed by atoms with E-state index in [-0.39, 0.29) is 22.9 Å². The number of nitrogens with one attached hydrogen (secondary N) is 1. The van der Waals surface area contributed by atoms with E-state index < -0.39 is 0 Å². The molecule has 0 unspecified atom stereocenters. The zero-order valence-electron chi connectivity index (χ0n) is 21.0. The van der Waals surface area contributed by atoms with Crippen molar-refractivity contribution in [2.75, 3.05) is 24.5 Å². The quantitative estimate of drug-likeness (QED) is 0.534. The number of hydrogen-bond acceptors (Lipinski definition) is 3. The van der Waals surface area contributed by atoms with Crippen LogP contribution in [0.25, 0.3) is 11.1 Å². The Morgan fingerprint density at radius 1 is 1.06 bits per heavy atom. The number of halogens is 1. The summed E-state index contributed by atoms with van der Waals surface area (Å²) in [6, 6.07) is 13.2. The van der Waals surface area contributed by atoms with Gasteiger partial charge in [-0.2, -0.15) is 5.10 Å². The molecular formula is C28H34FN5O. The number of aromatic amines is 1. The highest BCUT2D eigenvalue weighted by atomic mass is 19.1. The molecule has 3 aromatic rings. The standard InChI is InChI=1S/C28H34FN5O/c1-20-22(6-5-7-25(20)29)18-34-26(35)33(19-28(34)12-14-32(15-13-28)27(2,3)4)24-10-8-21(9-11-24)23-16-30-31-17-23/h5-11,16-17H,12-15,18-19H2,1-4H3,(H,30,31). The molecule has 6 nitrogen and oxygen atoms in total. The number of hydrogen-bond donors (Lipinski definition) is 1. The minimum Gasteiger partial charge on any atom is -0.312 e. The fourth-order valence-corrected chi connectivity index (χ4v) is 5.49. The second kappa shape index (κ2) is 8.79. The molecule has 5 rings (SSSR count). The number of carbonyl (C=O) groups excluding carboxylic acids is 1. The van der Waals surface area contributed by atoms with Gasteiger partial charge < -0.3 is 4.90 Å². The van der Waals surface area contributed by atoms with Gasteiger partial charge in [0.15, 0.2) is 0 Å². The van der Waals surface area contributed by atoms with Crippen LogP contribution >= 0.6 is 0 Å². The minimum atomic E-state index is -0.277. The highest BCUT2D eigenvalue weighted by Gasteiger charge is 2.52. The first kappa shape index (κ1) is 23.5. The van der Waals surface area contributed by atoms with E-state index in [0.29, 0.717) is 18.7 Å². The molecule has 2 aliphatic heterocycles. The van der Waals surface area contributed by atoms with Crippen molar-refractivity contribution in [3.8, 4) is 11.1 Å².